The average molecular weight is 376 g/mol. The van der Waals surface area contributed by atoms with E-state index in [1.165, 1.54) is 7.11 Å². The molecule has 0 bridgehead atoms. The Bertz CT molecular complexity index is 697. The second-order valence-electron chi connectivity index (χ2n) is 6.64. The summed E-state index contributed by atoms with van der Waals surface area (Å²) < 4.78 is 21.2. The van der Waals surface area contributed by atoms with E-state index in [-0.39, 0.29) is 30.3 Å². The van der Waals surface area contributed by atoms with E-state index in [1.807, 2.05) is 38.1 Å². The van der Waals surface area contributed by atoms with Crippen LogP contribution in [0.5, 0.6) is 5.75 Å². The van der Waals surface area contributed by atoms with Crippen LogP contribution in [0.1, 0.15) is 31.7 Å². The van der Waals surface area contributed by atoms with Crippen LogP contribution in [0, 0.1) is 5.92 Å². The van der Waals surface area contributed by atoms with Crippen molar-refractivity contribution in [3.8, 4) is 5.75 Å². The summed E-state index contributed by atoms with van der Waals surface area (Å²) in [6, 6.07) is 6.84. The van der Waals surface area contributed by atoms with Gasteiger partial charge in [-0.3, -0.25) is 4.79 Å². The van der Waals surface area contributed by atoms with Crippen molar-refractivity contribution in [3.63, 3.8) is 0 Å². The highest BCUT2D eigenvalue weighted by molar-refractivity contribution is 5.95. The van der Waals surface area contributed by atoms with Gasteiger partial charge in [-0.05, 0) is 23.6 Å². The fourth-order valence-corrected chi connectivity index (χ4v) is 3.11. The molecule has 7 nitrogen and oxygen atoms in total. The van der Waals surface area contributed by atoms with Crippen molar-refractivity contribution in [2.45, 2.75) is 38.3 Å². The Kier molecular flexibility index (Phi) is 7.21. The van der Waals surface area contributed by atoms with Crippen LogP contribution in [0.3, 0.4) is 0 Å². The van der Waals surface area contributed by atoms with Crippen LogP contribution in [0.25, 0.3) is 0 Å². The number of carbonyl (C=O) groups excluding carboxylic acids is 1. The minimum atomic E-state index is -0.479. The Hall–Kier alpha value is -2.57. The van der Waals surface area contributed by atoms with E-state index in [0.717, 1.165) is 11.3 Å². The Morgan fingerprint density at radius 2 is 1.48 bits per heavy atom. The molecule has 0 fully saturated rings. The van der Waals surface area contributed by atoms with Gasteiger partial charge in [-0.1, -0.05) is 26.0 Å². The number of benzene rings is 1. The first-order valence-corrected chi connectivity index (χ1v) is 8.89. The molecule has 1 aliphatic heterocycles. The van der Waals surface area contributed by atoms with Crippen molar-refractivity contribution in [2.75, 3.05) is 28.4 Å². The van der Waals surface area contributed by atoms with Crippen LogP contribution < -0.4 is 4.74 Å². The summed E-state index contributed by atoms with van der Waals surface area (Å²) in [6.45, 7) is 4.09. The zero-order valence-electron chi connectivity index (χ0n) is 16.8. The Labute approximate surface area is 160 Å². The molecular weight excluding hydrogens is 348 g/mol. The molecule has 0 N–H and O–H groups in total. The molecule has 0 saturated carbocycles. The molecule has 0 unspecified atom stereocenters. The molecule has 0 radical (unpaired) electrons. The van der Waals surface area contributed by atoms with Gasteiger partial charge in [0.15, 0.2) is 0 Å². The number of hydrogen-bond donors (Lipinski definition) is 0. The van der Waals surface area contributed by atoms with Crippen LogP contribution in [-0.2, 0) is 19.0 Å². The normalized spacial score (nSPS) is 20.4. The van der Waals surface area contributed by atoms with E-state index in [2.05, 4.69) is 0 Å². The van der Waals surface area contributed by atoms with Gasteiger partial charge in [-0.25, -0.2) is 9.98 Å². The van der Waals surface area contributed by atoms with E-state index >= 15 is 0 Å². The van der Waals surface area contributed by atoms with Gasteiger partial charge in [-0.2, -0.15) is 0 Å². The first kappa shape index (κ1) is 20.7. The van der Waals surface area contributed by atoms with E-state index in [4.69, 9.17) is 28.9 Å². The summed E-state index contributed by atoms with van der Waals surface area (Å²) in [5.41, 5.74) is 0.915. The predicted octanol–water partition coefficient (Wildman–Crippen LogP) is 2.84. The molecule has 1 aliphatic rings. The number of esters is 1. The van der Waals surface area contributed by atoms with Crippen molar-refractivity contribution < 1.29 is 23.7 Å². The maximum Gasteiger partial charge on any atom is 0.306 e. The second-order valence-corrected chi connectivity index (χ2v) is 6.64. The van der Waals surface area contributed by atoms with Crippen molar-refractivity contribution in [2.24, 2.45) is 15.9 Å². The molecule has 3 atom stereocenters. The van der Waals surface area contributed by atoms with Crippen LogP contribution in [0.2, 0.25) is 0 Å². The smallest absolute Gasteiger partial charge is 0.306 e. The topological polar surface area (TPSA) is 78.7 Å². The van der Waals surface area contributed by atoms with E-state index < -0.39 is 6.04 Å². The molecule has 1 aromatic carbocycles. The summed E-state index contributed by atoms with van der Waals surface area (Å²) in [6.07, 6.45) is 0.142. The summed E-state index contributed by atoms with van der Waals surface area (Å²) in [5, 5.41) is 0. The van der Waals surface area contributed by atoms with Crippen LogP contribution in [0.4, 0.5) is 0 Å². The molecule has 1 heterocycles. The Balaban J connectivity index is 2.47. The molecule has 0 aliphatic carbocycles. The van der Waals surface area contributed by atoms with Crippen LogP contribution in [0.15, 0.2) is 34.3 Å². The maximum atomic E-state index is 12.1. The van der Waals surface area contributed by atoms with Gasteiger partial charge < -0.3 is 18.9 Å². The predicted molar refractivity (Wildman–Crippen MR) is 104 cm³/mol. The average Bonchev–Trinajstić information content (AvgIpc) is 2.70. The first-order valence-electron chi connectivity index (χ1n) is 8.89. The van der Waals surface area contributed by atoms with Crippen molar-refractivity contribution in [1.29, 1.82) is 0 Å². The number of nitrogens with zero attached hydrogens (tertiary/aromatic N) is 2. The quantitative estimate of drug-likeness (QED) is 0.714. The molecule has 0 spiro atoms. The number of ether oxygens (including phenoxy) is 4. The van der Waals surface area contributed by atoms with Gasteiger partial charge in [-0.15, -0.1) is 0 Å². The highest BCUT2D eigenvalue weighted by atomic mass is 16.5. The van der Waals surface area contributed by atoms with Gasteiger partial charge >= 0.3 is 5.97 Å². The highest BCUT2D eigenvalue weighted by Crippen LogP contribution is 2.32. The zero-order chi connectivity index (χ0) is 20.0. The summed E-state index contributed by atoms with van der Waals surface area (Å²) in [4.78, 5) is 21.5. The molecule has 0 aromatic heterocycles. The minimum Gasteiger partial charge on any atom is -0.497 e. The molecule has 2 rings (SSSR count). The Morgan fingerprint density at radius 3 is 1.96 bits per heavy atom. The van der Waals surface area contributed by atoms with Gasteiger partial charge in [0.2, 0.25) is 11.8 Å². The molecule has 148 valence electrons. The summed E-state index contributed by atoms with van der Waals surface area (Å²) >= 11 is 0. The standard InChI is InChI=1S/C20H28N2O5/c1-12(2)17-19(26-5)22-18(20(21-17)27-6)15(11-16(23)25-4)13-7-9-14(24-3)10-8-13/h7-10,12,15,17-18H,11H2,1-6H3/t15-,17-,18+/m1/s1. The monoisotopic (exact) mass is 376 g/mol. The zero-order valence-corrected chi connectivity index (χ0v) is 16.8. The molecule has 0 saturated heterocycles. The molecule has 27 heavy (non-hydrogen) atoms. The van der Waals surface area contributed by atoms with E-state index in [9.17, 15) is 4.79 Å². The van der Waals surface area contributed by atoms with Gasteiger partial charge in [0.25, 0.3) is 0 Å². The fraction of sp³-hybridized carbons (Fsp3) is 0.550. The fourth-order valence-electron chi connectivity index (χ4n) is 3.11. The van der Waals surface area contributed by atoms with Crippen LogP contribution in [-0.4, -0.2) is 58.3 Å². The van der Waals surface area contributed by atoms with Gasteiger partial charge in [0.05, 0.1) is 34.9 Å². The molecule has 1 aromatic rings. The SMILES string of the molecule is COC(=O)C[C@H](c1ccc(OC)cc1)[C@@H]1N=C(OC)[C@@H](C(C)C)N=C1OC. The third-order valence-electron chi connectivity index (χ3n) is 4.63. The van der Waals surface area contributed by atoms with Gasteiger partial charge in [0, 0.05) is 5.92 Å². The van der Waals surface area contributed by atoms with Gasteiger partial charge in [0.1, 0.15) is 17.8 Å². The van der Waals surface area contributed by atoms with E-state index in [0.29, 0.717) is 11.8 Å². The van der Waals surface area contributed by atoms with Crippen molar-refractivity contribution >= 4 is 17.8 Å². The first-order chi connectivity index (χ1) is 12.9. The number of carbonyl (C=O) groups is 1. The van der Waals surface area contributed by atoms with E-state index in [1.54, 1.807) is 21.3 Å². The molecular formula is C20H28N2O5. The second kappa shape index (κ2) is 9.39. The lowest BCUT2D eigenvalue weighted by Crippen LogP contribution is -2.40. The van der Waals surface area contributed by atoms with Crippen molar-refractivity contribution in [1.82, 2.24) is 0 Å². The third-order valence-corrected chi connectivity index (χ3v) is 4.63. The minimum absolute atomic E-state index is 0.142. The maximum absolute atomic E-state index is 12.1. The molecule has 0 amide bonds. The number of rotatable bonds is 6. The third kappa shape index (κ3) is 4.78. The highest BCUT2D eigenvalue weighted by Gasteiger charge is 2.37. The summed E-state index contributed by atoms with van der Waals surface area (Å²) in [5.74, 6) is 1.33. The number of methoxy groups -OCH3 is 4. The van der Waals surface area contributed by atoms with Crippen molar-refractivity contribution in [3.05, 3.63) is 29.8 Å². The number of hydrogen-bond acceptors (Lipinski definition) is 7. The Morgan fingerprint density at radius 1 is 0.926 bits per heavy atom. The lowest BCUT2D eigenvalue weighted by Gasteiger charge is -2.31. The number of aliphatic imine (C=N–C) groups is 2. The lowest BCUT2D eigenvalue weighted by molar-refractivity contribution is -0.141. The largest absolute Gasteiger partial charge is 0.497 e. The summed E-state index contributed by atoms with van der Waals surface area (Å²) in [7, 11) is 6.14. The lowest BCUT2D eigenvalue weighted by atomic mass is 9.87. The molecule has 7 heteroatoms. The van der Waals surface area contributed by atoms with Crippen LogP contribution >= 0.6 is 0 Å².